The van der Waals surface area contributed by atoms with E-state index in [1.165, 1.54) is 30.7 Å². The molecule has 0 saturated heterocycles. The average molecular weight is 271 g/mol. The number of rotatable bonds is 3. The number of fused-ring (bicyclic) bond motifs is 1. The summed E-state index contributed by atoms with van der Waals surface area (Å²) in [5.74, 6) is -0.128. The number of benzene rings is 2. The Morgan fingerprint density at radius 1 is 1.05 bits per heavy atom. The van der Waals surface area contributed by atoms with E-state index in [2.05, 4.69) is 18.2 Å². The van der Waals surface area contributed by atoms with Crippen molar-refractivity contribution in [2.24, 2.45) is 5.73 Å². The van der Waals surface area contributed by atoms with Crippen LogP contribution in [0.3, 0.4) is 0 Å². The van der Waals surface area contributed by atoms with Crippen molar-refractivity contribution in [2.45, 2.75) is 25.3 Å². The lowest BCUT2D eigenvalue weighted by molar-refractivity contribution is 0.385. The topological polar surface area (TPSA) is 35.2 Å². The first-order valence-corrected chi connectivity index (χ1v) is 6.90. The molecule has 0 amide bonds. The molecule has 2 nitrogen and oxygen atoms in total. The summed E-state index contributed by atoms with van der Waals surface area (Å²) in [5.41, 5.74) is 11.1. The molecule has 0 radical (unpaired) electrons. The van der Waals surface area contributed by atoms with Crippen LogP contribution in [0.15, 0.2) is 36.4 Å². The molecule has 20 heavy (non-hydrogen) atoms. The monoisotopic (exact) mass is 271 g/mol. The van der Waals surface area contributed by atoms with Gasteiger partial charge < -0.3 is 10.5 Å². The van der Waals surface area contributed by atoms with Gasteiger partial charge in [-0.25, -0.2) is 4.39 Å². The van der Waals surface area contributed by atoms with Crippen LogP contribution in [0.4, 0.5) is 4.39 Å². The zero-order valence-corrected chi connectivity index (χ0v) is 11.5. The molecule has 3 rings (SSSR count). The Labute approximate surface area is 118 Å². The maximum atomic E-state index is 13.4. The van der Waals surface area contributed by atoms with E-state index in [0.717, 1.165) is 24.0 Å². The van der Waals surface area contributed by atoms with Gasteiger partial charge in [-0.2, -0.15) is 0 Å². The summed E-state index contributed by atoms with van der Waals surface area (Å²) in [4.78, 5) is 0. The van der Waals surface area contributed by atoms with Crippen molar-refractivity contribution >= 4 is 0 Å². The van der Waals surface area contributed by atoms with Crippen LogP contribution in [0, 0.1) is 5.82 Å². The highest BCUT2D eigenvalue weighted by atomic mass is 19.1. The van der Waals surface area contributed by atoms with Crippen LogP contribution in [0.5, 0.6) is 5.75 Å². The molecule has 1 aliphatic carbocycles. The van der Waals surface area contributed by atoms with Crippen LogP contribution in [0.25, 0.3) is 0 Å². The Morgan fingerprint density at radius 2 is 1.75 bits per heavy atom. The maximum absolute atomic E-state index is 13.4. The number of methoxy groups -OCH3 is 1. The Kier molecular flexibility index (Phi) is 3.45. The lowest BCUT2D eigenvalue weighted by Gasteiger charge is -2.15. The van der Waals surface area contributed by atoms with Crippen molar-refractivity contribution in [3.05, 3.63) is 64.5 Å². The molecule has 0 aliphatic heterocycles. The van der Waals surface area contributed by atoms with Gasteiger partial charge in [0.05, 0.1) is 13.2 Å². The van der Waals surface area contributed by atoms with Gasteiger partial charge in [-0.05, 0) is 53.6 Å². The van der Waals surface area contributed by atoms with Crippen molar-refractivity contribution in [1.82, 2.24) is 0 Å². The minimum atomic E-state index is -0.364. The molecule has 0 aromatic heterocycles. The molecule has 1 unspecified atom stereocenters. The number of nitrogens with two attached hydrogens (primary N) is 1. The molecule has 1 atom stereocenters. The van der Waals surface area contributed by atoms with E-state index in [0.29, 0.717) is 0 Å². The van der Waals surface area contributed by atoms with E-state index in [1.54, 1.807) is 12.1 Å². The number of halogens is 1. The number of hydrogen-bond donors (Lipinski definition) is 1. The fourth-order valence-electron chi connectivity index (χ4n) is 2.85. The van der Waals surface area contributed by atoms with E-state index in [-0.39, 0.29) is 17.6 Å². The van der Waals surface area contributed by atoms with Crippen molar-refractivity contribution in [3.8, 4) is 5.75 Å². The van der Waals surface area contributed by atoms with Gasteiger partial charge in [-0.1, -0.05) is 24.3 Å². The van der Waals surface area contributed by atoms with E-state index in [4.69, 9.17) is 10.5 Å². The summed E-state index contributed by atoms with van der Waals surface area (Å²) in [7, 11) is 1.46. The van der Waals surface area contributed by atoms with E-state index in [1.807, 2.05) is 0 Å². The second-order valence-electron chi connectivity index (χ2n) is 5.25. The van der Waals surface area contributed by atoms with Gasteiger partial charge in [0.25, 0.3) is 0 Å². The third-order valence-electron chi connectivity index (χ3n) is 4.02. The van der Waals surface area contributed by atoms with Gasteiger partial charge in [0.15, 0.2) is 11.6 Å². The highest BCUT2D eigenvalue weighted by molar-refractivity contribution is 5.41. The molecule has 0 saturated carbocycles. The first-order valence-electron chi connectivity index (χ1n) is 6.90. The summed E-state index contributed by atoms with van der Waals surface area (Å²) >= 11 is 0. The van der Waals surface area contributed by atoms with Gasteiger partial charge in [0, 0.05) is 0 Å². The Bertz CT molecular complexity index is 628. The highest BCUT2D eigenvalue weighted by Crippen LogP contribution is 2.29. The number of ether oxygens (including phenoxy) is 1. The molecule has 0 spiro atoms. The lowest BCUT2D eigenvalue weighted by Crippen LogP contribution is -2.12. The highest BCUT2D eigenvalue weighted by Gasteiger charge is 2.16. The molecule has 104 valence electrons. The van der Waals surface area contributed by atoms with Crippen LogP contribution in [0.1, 0.15) is 34.7 Å². The first kappa shape index (κ1) is 13.1. The largest absolute Gasteiger partial charge is 0.494 e. The predicted molar refractivity (Wildman–Crippen MR) is 77.4 cm³/mol. The van der Waals surface area contributed by atoms with Crippen LogP contribution in [-0.2, 0) is 12.8 Å². The van der Waals surface area contributed by atoms with E-state index >= 15 is 0 Å². The lowest BCUT2D eigenvalue weighted by atomic mass is 9.96. The summed E-state index contributed by atoms with van der Waals surface area (Å²) in [6.45, 7) is 0. The molecule has 0 bridgehead atoms. The van der Waals surface area contributed by atoms with Crippen LogP contribution in [0.2, 0.25) is 0 Å². The standard InChI is InChI=1S/C17H18FNO/c1-20-16-10-14(7-8-15(16)18)17(19)13-6-5-11-3-2-4-12(11)9-13/h5-10,17H,2-4,19H2,1H3. The zero-order valence-electron chi connectivity index (χ0n) is 11.5. The number of hydrogen-bond acceptors (Lipinski definition) is 2. The second kappa shape index (κ2) is 5.25. The maximum Gasteiger partial charge on any atom is 0.165 e. The number of aryl methyl sites for hydroxylation is 2. The summed E-state index contributed by atoms with van der Waals surface area (Å²) in [5, 5.41) is 0. The first-order chi connectivity index (χ1) is 9.69. The summed E-state index contributed by atoms with van der Waals surface area (Å²) in [6, 6.07) is 11.0. The van der Waals surface area contributed by atoms with Crippen LogP contribution in [-0.4, -0.2) is 7.11 Å². The third kappa shape index (κ3) is 2.29. The average Bonchev–Trinajstić information content (AvgIpc) is 2.94. The molecular formula is C17H18FNO. The Hall–Kier alpha value is -1.87. The fourth-order valence-corrected chi connectivity index (χ4v) is 2.85. The molecule has 2 aromatic carbocycles. The Morgan fingerprint density at radius 3 is 2.55 bits per heavy atom. The smallest absolute Gasteiger partial charge is 0.165 e. The summed E-state index contributed by atoms with van der Waals surface area (Å²) in [6.07, 6.45) is 3.51. The quantitative estimate of drug-likeness (QED) is 0.929. The zero-order chi connectivity index (χ0) is 14.1. The predicted octanol–water partition coefficient (Wildman–Crippen LogP) is 3.37. The van der Waals surface area contributed by atoms with E-state index < -0.39 is 0 Å². The van der Waals surface area contributed by atoms with Gasteiger partial charge in [0.1, 0.15) is 0 Å². The van der Waals surface area contributed by atoms with Gasteiger partial charge >= 0.3 is 0 Å². The van der Waals surface area contributed by atoms with Crippen LogP contribution < -0.4 is 10.5 Å². The molecule has 0 heterocycles. The van der Waals surface area contributed by atoms with Crippen molar-refractivity contribution in [1.29, 1.82) is 0 Å². The summed E-state index contributed by atoms with van der Waals surface area (Å²) < 4.78 is 18.5. The molecule has 2 N–H and O–H groups in total. The van der Waals surface area contributed by atoms with Gasteiger partial charge in [0.2, 0.25) is 0 Å². The van der Waals surface area contributed by atoms with Gasteiger partial charge in [-0.15, -0.1) is 0 Å². The molecule has 3 heteroatoms. The molecular weight excluding hydrogens is 253 g/mol. The minimum Gasteiger partial charge on any atom is -0.494 e. The minimum absolute atomic E-state index is 0.235. The van der Waals surface area contributed by atoms with Crippen LogP contribution >= 0.6 is 0 Å². The van der Waals surface area contributed by atoms with Crippen molar-refractivity contribution in [2.75, 3.05) is 7.11 Å². The molecule has 0 fully saturated rings. The molecule has 2 aromatic rings. The third-order valence-corrected chi connectivity index (χ3v) is 4.02. The second-order valence-corrected chi connectivity index (χ2v) is 5.25. The fraction of sp³-hybridized carbons (Fsp3) is 0.294. The molecule has 1 aliphatic rings. The Balaban J connectivity index is 1.94. The van der Waals surface area contributed by atoms with Crippen molar-refractivity contribution in [3.63, 3.8) is 0 Å². The van der Waals surface area contributed by atoms with Gasteiger partial charge in [-0.3, -0.25) is 0 Å². The van der Waals surface area contributed by atoms with Crippen molar-refractivity contribution < 1.29 is 9.13 Å². The van der Waals surface area contributed by atoms with E-state index in [9.17, 15) is 4.39 Å². The normalized spacial score (nSPS) is 14.9. The SMILES string of the molecule is COc1cc(C(N)c2ccc3c(c2)CCC3)ccc1F.